The zero-order valence-electron chi connectivity index (χ0n) is 18.5. The molecule has 8 heteroatoms. The van der Waals surface area contributed by atoms with Gasteiger partial charge in [-0.05, 0) is 74.2 Å². The van der Waals surface area contributed by atoms with Gasteiger partial charge in [0.15, 0.2) is 5.75 Å². The van der Waals surface area contributed by atoms with E-state index >= 15 is 0 Å². The molecule has 0 atom stereocenters. The van der Waals surface area contributed by atoms with E-state index in [2.05, 4.69) is 21.3 Å². The highest BCUT2D eigenvalue weighted by molar-refractivity contribution is 6.37. The summed E-state index contributed by atoms with van der Waals surface area (Å²) in [5, 5.41) is 4.15. The molecule has 1 aromatic heterocycles. The minimum Gasteiger partial charge on any atom is -0.497 e. The summed E-state index contributed by atoms with van der Waals surface area (Å²) in [7, 11) is 1.67. The van der Waals surface area contributed by atoms with Crippen LogP contribution in [-0.2, 0) is 12.8 Å². The predicted molar refractivity (Wildman–Crippen MR) is 132 cm³/mol. The van der Waals surface area contributed by atoms with E-state index in [4.69, 9.17) is 37.7 Å². The first-order valence-corrected chi connectivity index (χ1v) is 12.0. The van der Waals surface area contributed by atoms with Gasteiger partial charge in [-0.25, -0.2) is 9.97 Å². The minimum absolute atomic E-state index is 0.458. The fourth-order valence-electron chi connectivity index (χ4n) is 4.46. The number of hydrogen-bond donors (Lipinski definition) is 1. The summed E-state index contributed by atoms with van der Waals surface area (Å²) in [5.74, 6) is 1.81. The number of aryl methyl sites for hydroxylation is 2. The maximum atomic E-state index is 6.49. The van der Waals surface area contributed by atoms with Crippen molar-refractivity contribution in [3.63, 3.8) is 0 Å². The summed E-state index contributed by atoms with van der Waals surface area (Å²) in [5.41, 5.74) is 5.10. The molecule has 0 radical (unpaired) electrons. The minimum atomic E-state index is 0.458. The standard InChI is InChI=1S/C25H26Cl2N4O2/c1-32-19-7-6-16-4-5-17-15-28-25(30-23(17)20(16)14-19)29-18-12-21(26)24(22(27)13-18)33-11-10-31-8-2-3-9-31/h6-7,12-15H,2-5,8-11H2,1H3,(H,28,29,30). The summed E-state index contributed by atoms with van der Waals surface area (Å²) in [6.07, 6.45) is 6.27. The first-order valence-electron chi connectivity index (χ1n) is 11.2. The van der Waals surface area contributed by atoms with Crippen molar-refractivity contribution in [2.45, 2.75) is 25.7 Å². The molecule has 0 saturated carbocycles. The Bertz CT molecular complexity index is 1140. The molecule has 1 aliphatic heterocycles. The van der Waals surface area contributed by atoms with Gasteiger partial charge in [-0.3, -0.25) is 4.90 Å². The molecule has 172 valence electrons. The number of rotatable bonds is 7. The number of aromatic nitrogens is 2. The van der Waals surface area contributed by atoms with E-state index in [1.807, 2.05) is 18.3 Å². The van der Waals surface area contributed by atoms with Crippen molar-refractivity contribution >= 4 is 34.8 Å². The van der Waals surface area contributed by atoms with Crippen LogP contribution in [0.3, 0.4) is 0 Å². The Morgan fingerprint density at radius 1 is 1.03 bits per heavy atom. The number of nitrogens with zero attached hydrogens (tertiary/aromatic N) is 3. The van der Waals surface area contributed by atoms with E-state index in [9.17, 15) is 0 Å². The van der Waals surface area contributed by atoms with Crippen LogP contribution in [0.25, 0.3) is 11.3 Å². The highest BCUT2D eigenvalue weighted by Gasteiger charge is 2.20. The number of ether oxygens (including phenoxy) is 2. The van der Waals surface area contributed by atoms with Crippen molar-refractivity contribution in [2.24, 2.45) is 0 Å². The van der Waals surface area contributed by atoms with Crippen LogP contribution in [0, 0.1) is 0 Å². The van der Waals surface area contributed by atoms with E-state index in [-0.39, 0.29) is 0 Å². The first kappa shape index (κ1) is 22.3. The molecule has 2 aliphatic rings. The number of methoxy groups -OCH3 is 1. The average molecular weight is 485 g/mol. The highest BCUT2D eigenvalue weighted by atomic mass is 35.5. The summed E-state index contributed by atoms with van der Waals surface area (Å²) >= 11 is 13.0. The lowest BCUT2D eigenvalue weighted by atomic mass is 9.90. The number of nitrogens with one attached hydrogen (secondary N) is 1. The van der Waals surface area contributed by atoms with Crippen molar-refractivity contribution < 1.29 is 9.47 Å². The number of hydrogen-bond acceptors (Lipinski definition) is 6. The second-order valence-electron chi connectivity index (χ2n) is 8.38. The van der Waals surface area contributed by atoms with E-state index in [0.717, 1.165) is 55.0 Å². The zero-order valence-corrected chi connectivity index (χ0v) is 20.0. The topological polar surface area (TPSA) is 59.5 Å². The van der Waals surface area contributed by atoms with Crippen LogP contribution in [-0.4, -0.2) is 48.2 Å². The Balaban J connectivity index is 1.33. The molecule has 5 rings (SSSR count). The third-order valence-electron chi connectivity index (χ3n) is 6.21. The third kappa shape index (κ3) is 4.88. The molecule has 1 saturated heterocycles. The Morgan fingerprint density at radius 3 is 2.55 bits per heavy atom. The monoisotopic (exact) mass is 484 g/mol. The maximum absolute atomic E-state index is 6.49. The zero-order chi connectivity index (χ0) is 22.8. The summed E-state index contributed by atoms with van der Waals surface area (Å²) in [6.45, 7) is 3.70. The molecule has 1 fully saturated rings. The lowest BCUT2D eigenvalue weighted by Gasteiger charge is -2.20. The van der Waals surface area contributed by atoms with Gasteiger partial charge in [0.05, 0.1) is 22.8 Å². The fraction of sp³-hybridized carbons (Fsp3) is 0.360. The van der Waals surface area contributed by atoms with Crippen LogP contribution in [0.1, 0.15) is 24.0 Å². The summed E-state index contributed by atoms with van der Waals surface area (Å²) in [4.78, 5) is 11.7. The molecule has 1 aliphatic carbocycles. The molecule has 0 bridgehead atoms. The average Bonchev–Trinajstić information content (AvgIpc) is 3.34. The second kappa shape index (κ2) is 9.75. The third-order valence-corrected chi connectivity index (χ3v) is 6.77. The quantitative estimate of drug-likeness (QED) is 0.458. The van der Waals surface area contributed by atoms with Gasteiger partial charge in [-0.2, -0.15) is 0 Å². The normalized spacial score (nSPS) is 15.1. The van der Waals surface area contributed by atoms with Crippen LogP contribution < -0.4 is 14.8 Å². The van der Waals surface area contributed by atoms with Gasteiger partial charge in [0.1, 0.15) is 12.4 Å². The van der Waals surface area contributed by atoms with Gasteiger partial charge in [-0.15, -0.1) is 0 Å². The Hall–Kier alpha value is -2.54. The molecule has 6 nitrogen and oxygen atoms in total. The van der Waals surface area contributed by atoms with Crippen molar-refractivity contribution in [1.29, 1.82) is 0 Å². The van der Waals surface area contributed by atoms with Gasteiger partial charge < -0.3 is 14.8 Å². The molecule has 1 N–H and O–H groups in total. The van der Waals surface area contributed by atoms with Gasteiger partial charge >= 0.3 is 0 Å². The Kier molecular flexibility index (Phi) is 6.58. The van der Waals surface area contributed by atoms with Gasteiger partial charge in [-0.1, -0.05) is 29.3 Å². The first-order chi connectivity index (χ1) is 16.1. The number of likely N-dealkylation sites (tertiary alicyclic amines) is 1. The van der Waals surface area contributed by atoms with Gasteiger partial charge in [0.25, 0.3) is 0 Å². The van der Waals surface area contributed by atoms with E-state index in [0.29, 0.717) is 34.0 Å². The second-order valence-corrected chi connectivity index (χ2v) is 9.20. The summed E-state index contributed by atoms with van der Waals surface area (Å²) in [6, 6.07) is 9.71. The van der Waals surface area contributed by atoms with Crippen LogP contribution in [0.15, 0.2) is 36.5 Å². The Labute approximate surface area is 203 Å². The largest absolute Gasteiger partial charge is 0.497 e. The van der Waals surface area contributed by atoms with Crippen molar-refractivity contribution in [2.75, 3.05) is 38.7 Å². The smallest absolute Gasteiger partial charge is 0.227 e. The molecule has 2 aromatic carbocycles. The van der Waals surface area contributed by atoms with E-state index < -0.39 is 0 Å². The molecule has 3 aromatic rings. The van der Waals surface area contributed by atoms with Gasteiger partial charge in [0.2, 0.25) is 5.95 Å². The van der Waals surface area contributed by atoms with Crippen LogP contribution in [0.4, 0.5) is 11.6 Å². The van der Waals surface area contributed by atoms with Crippen molar-refractivity contribution in [3.05, 3.63) is 57.7 Å². The molecule has 33 heavy (non-hydrogen) atoms. The van der Waals surface area contributed by atoms with Crippen LogP contribution in [0.5, 0.6) is 11.5 Å². The fourth-order valence-corrected chi connectivity index (χ4v) is 5.05. The maximum Gasteiger partial charge on any atom is 0.227 e. The molecule has 0 amide bonds. The molecular formula is C25H26Cl2N4O2. The predicted octanol–water partition coefficient (Wildman–Crippen LogP) is 5.78. The summed E-state index contributed by atoms with van der Waals surface area (Å²) < 4.78 is 11.3. The van der Waals surface area contributed by atoms with Gasteiger partial charge in [0, 0.05) is 24.0 Å². The number of benzene rings is 2. The highest BCUT2D eigenvalue weighted by Crippen LogP contribution is 2.38. The number of halogens is 2. The van der Waals surface area contributed by atoms with E-state index in [1.165, 1.54) is 18.4 Å². The van der Waals surface area contributed by atoms with Crippen LogP contribution in [0.2, 0.25) is 10.0 Å². The Morgan fingerprint density at radius 2 is 1.79 bits per heavy atom. The molecule has 0 spiro atoms. The lowest BCUT2D eigenvalue weighted by molar-refractivity contribution is 0.238. The SMILES string of the molecule is COc1ccc2c(c1)-c1nc(Nc3cc(Cl)c(OCCN4CCCC4)c(Cl)c3)ncc1CC2. The number of anilines is 2. The van der Waals surface area contributed by atoms with Crippen molar-refractivity contribution in [3.8, 4) is 22.8 Å². The van der Waals surface area contributed by atoms with Crippen molar-refractivity contribution in [1.82, 2.24) is 14.9 Å². The van der Waals surface area contributed by atoms with Crippen LogP contribution >= 0.6 is 23.2 Å². The van der Waals surface area contributed by atoms with E-state index in [1.54, 1.807) is 19.2 Å². The molecule has 2 heterocycles. The lowest BCUT2D eigenvalue weighted by Crippen LogP contribution is -2.25. The molecule has 0 unspecified atom stereocenters. The number of fused-ring (bicyclic) bond motifs is 3. The molecular weight excluding hydrogens is 459 g/mol.